The van der Waals surface area contributed by atoms with Crippen molar-refractivity contribution in [3.05, 3.63) is 42.2 Å². The lowest BCUT2D eigenvalue weighted by Gasteiger charge is -2.19. The predicted octanol–water partition coefficient (Wildman–Crippen LogP) is 2.89. The van der Waals surface area contributed by atoms with E-state index >= 15 is 0 Å². The molecule has 1 N–H and O–H groups in total. The van der Waals surface area contributed by atoms with Gasteiger partial charge in [-0.15, -0.1) is 0 Å². The Balaban J connectivity index is 1.50. The SMILES string of the molecule is c1ccc2c(CNC3CCOC3C3CC3)cncc2c1. The average Bonchev–Trinajstić information content (AvgIpc) is 3.24. The summed E-state index contributed by atoms with van der Waals surface area (Å²) < 4.78 is 5.89. The van der Waals surface area contributed by atoms with E-state index < -0.39 is 0 Å². The second kappa shape index (κ2) is 5.15. The third-order valence-corrected chi connectivity index (χ3v) is 4.53. The van der Waals surface area contributed by atoms with Gasteiger partial charge in [-0.3, -0.25) is 4.98 Å². The minimum atomic E-state index is 0.443. The molecule has 0 bridgehead atoms. The number of hydrogen-bond donors (Lipinski definition) is 1. The molecule has 0 radical (unpaired) electrons. The van der Waals surface area contributed by atoms with Gasteiger partial charge in [-0.2, -0.15) is 0 Å². The zero-order valence-corrected chi connectivity index (χ0v) is 11.6. The van der Waals surface area contributed by atoms with E-state index in [2.05, 4.69) is 34.6 Å². The van der Waals surface area contributed by atoms with Crippen molar-refractivity contribution < 1.29 is 4.74 Å². The number of hydrogen-bond acceptors (Lipinski definition) is 3. The summed E-state index contributed by atoms with van der Waals surface area (Å²) >= 11 is 0. The maximum Gasteiger partial charge on any atom is 0.0757 e. The summed E-state index contributed by atoms with van der Waals surface area (Å²) in [6.45, 7) is 1.79. The van der Waals surface area contributed by atoms with Crippen molar-refractivity contribution in [2.45, 2.75) is 38.0 Å². The van der Waals surface area contributed by atoms with Gasteiger partial charge in [-0.05, 0) is 36.1 Å². The molecular weight excluding hydrogens is 248 g/mol. The van der Waals surface area contributed by atoms with E-state index in [4.69, 9.17) is 4.74 Å². The molecule has 4 rings (SSSR count). The number of nitrogens with one attached hydrogen (secondary N) is 1. The Bertz CT molecular complexity index is 603. The predicted molar refractivity (Wildman–Crippen MR) is 79.5 cm³/mol. The van der Waals surface area contributed by atoms with Gasteiger partial charge >= 0.3 is 0 Å². The Hall–Kier alpha value is -1.45. The quantitative estimate of drug-likeness (QED) is 0.926. The molecule has 1 aromatic heterocycles. The molecular formula is C17H20N2O. The Morgan fingerprint density at radius 1 is 1.15 bits per heavy atom. The lowest BCUT2D eigenvalue weighted by Crippen LogP contribution is -2.37. The molecule has 2 aromatic rings. The van der Waals surface area contributed by atoms with Crippen LogP contribution in [0.3, 0.4) is 0 Å². The highest BCUT2D eigenvalue weighted by molar-refractivity contribution is 5.84. The second-order valence-electron chi connectivity index (χ2n) is 5.97. The molecule has 104 valence electrons. The molecule has 2 heterocycles. The maximum atomic E-state index is 5.89. The van der Waals surface area contributed by atoms with Gasteiger partial charge in [-0.25, -0.2) is 0 Å². The van der Waals surface area contributed by atoms with Gasteiger partial charge in [0.1, 0.15) is 0 Å². The van der Waals surface area contributed by atoms with Gasteiger partial charge in [0, 0.05) is 37.0 Å². The van der Waals surface area contributed by atoms with Crippen molar-refractivity contribution in [2.75, 3.05) is 6.61 Å². The number of ether oxygens (including phenoxy) is 1. The number of rotatable bonds is 4. The van der Waals surface area contributed by atoms with Crippen molar-refractivity contribution >= 4 is 10.8 Å². The number of fused-ring (bicyclic) bond motifs is 1. The molecule has 1 saturated carbocycles. The fraction of sp³-hybridized carbons (Fsp3) is 0.471. The van der Waals surface area contributed by atoms with Crippen LogP contribution in [0.4, 0.5) is 0 Å². The van der Waals surface area contributed by atoms with E-state index in [-0.39, 0.29) is 0 Å². The monoisotopic (exact) mass is 268 g/mol. The highest BCUT2D eigenvalue weighted by Crippen LogP contribution is 2.38. The van der Waals surface area contributed by atoms with Crippen LogP contribution >= 0.6 is 0 Å². The van der Waals surface area contributed by atoms with E-state index in [0.29, 0.717) is 12.1 Å². The smallest absolute Gasteiger partial charge is 0.0757 e. The van der Waals surface area contributed by atoms with Crippen LogP contribution in [-0.4, -0.2) is 23.7 Å². The molecule has 2 atom stereocenters. The lowest BCUT2D eigenvalue weighted by molar-refractivity contribution is 0.0809. The fourth-order valence-electron chi connectivity index (χ4n) is 3.28. The van der Waals surface area contributed by atoms with Crippen LogP contribution in [-0.2, 0) is 11.3 Å². The number of nitrogens with zero attached hydrogens (tertiary/aromatic N) is 1. The number of pyridine rings is 1. The fourth-order valence-corrected chi connectivity index (χ4v) is 3.28. The molecule has 2 unspecified atom stereocenters. The van der Waals surface area contributed by atoms with Crippen LogP contribution < -0.4 is 5.32 Å². The largest absolute Gasteiger partial charge is 0.376 e. The van der Waals surface area contributed by atoms with Gasteiger partial charge < -0.3 is 10.1 Å². The standard InChI is InChI=1S/C17H20N2O/c1-2-4-15-13(3-1)9-18-10-14(15)11-19-16-7-8-20-17(16)12-5-6-12/h1-4,9-10,12,16-17,19H,5-8,11H2. The van der Waals surface area contributed by atoms with E-state index in [1.54, 1.807) is 0 Å². The third kappa shape index (κ3) is 2.32. The van der Waals surface area contributed by atoms with E-state index in [1.807, 2.05) is 12.4 Å². The number of benzene rings is 1. The van der Waals surface area contributed by atoms with Crippen LogP contribution in [0, 0.1) is 5.92 Å². The summed E-state index contributed by atoms with van der Waals surface area (Å²) in [5.41, 5.74) is 1.28. The Kier molecular flexibility index (Phi) is 3.17. The Morgan fingerprint density at radius 2 is 2.05 bits per heavy atom. The molecule has 20 heavy (non-hydrogen) atoms. The van der Waals surface area contributed by atoms with Crippen molar-refractivity contribution in [1.29, 1.82) is 0 Å². The van der Waals surface area contributed by atoms with Crippen molar-refractivity contribution in [1.82, 2.24) is 10.3 Å². The van der Waals surface area contributed by atoms with Crippen LogP contribution in [0.25, 0.3) is 10.8 Å². The zero-order valence-electron chi connectivity index (χ0n) is 11.6. The van der Waals surface area contributed by atoms with Crippen LogP contribution in [0.1, 0.15) is 24.8 Å². The first-order valence-electron chi connectivity index (χ1n) is 7.58. The number of aromatic nitrogens is 1. The van der Waals surface area contributed by atoms with Crippen LogP contribution in [0.5, 0.6) is 0 Å². The Labute approximate surface area is 119 Å². The maximum absolute atomic E-state index is 5.89. The van der Waals surface area contributed by atoms with Gasteiger partial charge in [0.15, 0.2) is 0 Å². The Morgan fingerprint density at radius 3 is 2.95 bits per heavy atom. The summed E-state index contributed by atoms with van der Waals surface area (Å²) in [4.78, 5) is 4.35. The second-order valence-corrected chi connectivity index (χ2v) is 5.97. The van der Waals surface area contributed by atoms with Crippen LogP contribution in [0.15, 0.2) is 36.7 Å². The minimum Gasteiger partial charge on any atom is -0.376 e. The summed E-state index contributed by atoms with van der Waals surface area (Å²) in [5.74, 6) is 0.806. The van der Waals surface area contributed by atoms with Crippen molar-refractivity contribution in [3.8, 4) is 0 Å². The molecule has 2 aliphatic rings. The summed E-state index contributed by atoms with van der Waals surface area (Å²) in [7, 11) is 0. The molecule has 0 spiro atoms. The molecule has 1 aliphatic carbocycles. The molecule has 1 aliphatic heterocycles. The highest BCUT2D eigenvalue weighted by Gasteiger charge is 2.40. The minimum absolute atomic E-state index is 0.443. The zero-order chi connectivity index (χ0) is 13.4. The summed E-state index contributed by atoms with van der Waals surface area (Å²) in [6.07, 6.45) is 8.19. The van der Waals surface area contributed by atoms with Gasteiger partial charge in [-0.1, -0.05) is 24.3 Å². The molecule has 1 saturated heterocycles. The third-order valence-electron chi connectivity index (χ3n) is 4.53. The van der Waals surface area contributed by atoms with Gasteiger partial charge in [0.05, 0.1) is 6.10 Å². The van der Waals surface area contributed by atoms with Crippen molar-refractivity contribution in [3.63, 3.8) is 0 Å². The van der Waals surface area contributed by atoms with E-state index in [1.165, 1.54) is 29.2 Å². The lowest BCUT2D eigenvalue weighted by atomic mass is 10.0. The molecule has 3 nitrogen and oxygen atoms in total. The van der Waals surface area contributed by atoms with Gasteiger partial charge in [0.2, 0.25) is 0 Å². The normalized spacial score (nSPS) is 26.2. The molecule has 0 amide bonds. The summed E-state index contributed by atoms with van der Waals surface area (Å²) in [6, 6.07) is 8.98. The first-order valence-corrected chi connectivity index (χ1v) is 7.58. The van der Waals surface area contributed by atoms with Crippen LogP contribution in [0.2, 0.25) is 0 Å². The van der Waals surface area contributed by atoms with E-state index in [9.17, 15) is 0 Å². The molecule has 2 fully saturated rings. The first kappa shape index (κ1) is 12.3. The topological polar surface area (TPSA) is 34.1 Å². The van der Waals surface area contributed by atoms with E-state index in [0.717, 1.165) is 25.5 Å². The average molecular weight is 268 g/mol. The first-order chi connectivity index (χ1) is 9.92. The molecule has 1 aromatic carbocycles. The molecule has 3 heteroatoms. The van der Waals surface area contributed by atoms with Crippen molar-refractivity contribution in [2.24, 2.45) is 5.92 Å². The van der Waals surface area contributed by atoms with Gasteiger partial charge in [0.25, 0.3) is 0 Å². The highest BCUT2D eigenvalue weighted by atomic mass is 16.5. The summed E-state index contributed by atoms with van der Waals surface area (Å²) in [5, 5.41) is 6.22.